The monoisotopic (exact) mass is 490 g/mol. The lowest BCUT2D eigenvalue weighted by Crippen LogP contribution is -2.48. The van der Waals surface area contributed by atoms with E-state index in [9.17, 15) is 14.4 Å². The van der Waals surface area contributed by atoms with Crippen LogP contribution in [0.3, 0.4) is 0 Å². The second-order valence-electron chi connectivity index (χ2n) is 6.47. The van der Waals surface area contributed by atoms with Gasteiger partial charge < -0.3 is 14.8 Å². The second kappa shape index (κ2) is 13.0. The number of hydrogen-bond donors (Lipinski definition) is 4. The Morgan fingerprint density at radius 3 is 2.36 bits per heavy atom. The van der Waals surface area contributed by atoms with Crippen molar-refractivity contribution in [1.29, 1.82) is 0 Å². The van der Waals surface area contributed by atoms with Gasteiger partial charge in [-0.25, -0.2) is 0 Å². The van der Waals surface area contributed by atoms with Crippen LogP contribution in [-0.2, 0) is 14.4 Å². The molecule has 0 heterocycles. The Balaban J connectivity index is 1.72. The van der Waals surface area contributed by atoms with E-state index in [-0.39, 0.29) is 23.9 Å². The molecule has 0 radical (unpaired) electrons. The zero-order valence-corrected chi connectivity index (χ0v) is 19.5. The highest BCUT2D eigenvalue weighted by Crippen LogP contribution is 2.27. The number of anilines is 1. The molecule has 2 aromatic rings. The van der Waals surface area contributed by atoms with Crippen LogP contribution in [0.5, 0.6) is 11.5 Å². The summed E-state index contributed by atoms with van der Waals surface area (Å²) in [4.78, 5) is 35.8. The highest BCUT2D eigenvalue weighted by molar-refractivity contribution is 7.80. The van der Waals surface area contributed by atoms with Crippen molar-refractivity contribution < 1.29 is 23.9 Å². The fourth-order valence-electron chi connectivity index (χ4n) is 2.50. The molecule has 0 aromatic heterocycles. The Morgan fingerprint density at radius 1 is 0.970 bits per heavy atom. The van der Waals surface area contributed by atoms with E-state index in [0.717, 1.165) is 0 Å². The van der Waals surface area contributed by atoms with Crippen molar-refractivity contribution >= 4 is 58.4 Å². The van der Waals surface area contributed by atoms with E-state index in [4.69, 9.17) is 33.3 Å². The van der Waals surface area contributed by atoms with Crippen LogP contribution < -0.4 is 31.0 Å². The van der Waals surface area contributed by atoms with Gasteiger partial charge in [-0.05, 0) is 48.1 Å². The molecule has 9 nitrogen and oxygen atoms in total. The number of amides is 3. The van der Waals surface area contributed by atoms with Crippen LogP contribution >= 0.6 is 23.8 Å². The van der Waals surface area contributed by atoms with Crippen molar-refractivity contribution in [3.8, 4) is 11.5 Å². The number of rotatable bonds is 8. The lowest BCUT2D eigenvalue weighted by atomic mass is 10.2. The molecule has 11 heteroatoms. The summed E-state index contributed by atoms with van der Waals surface area (Å²) in [6.45, 7) is 0. The number of halogens is 1. The Kier molecular flexibility index (Phi) is 10.1. The van der Waals surface area contributed by atoms with Crippen LogP contribution in [0.2, 0.25) is 5.02 Å². The van der Waals surface area contributed by atoms with Gasteiger partial charge in [0.1, 0.15) is 0 Å². The molecule has 0 aliphatic heterocycles. The van der Waals surface area contributed by atoms with Gasteiger partial charge in [0.2, 0.25) is 17.7 Å². The van der Waals surface area contributed by atoms with E-state index >= 15 is 0 Å². The Morgan fingerprint density at radius 2 is 1.67 bits per heavy atom. The van der Waals surface area contributed by atoms with Gasteiger partial charge in [-0.1, -0.05) is 29.8 Å². The van der Waals surface area contributed by atoms with Gasteiger partial charge in [-0.2, -0.15) is 0 Å². The maximum atomic E-state index is 12.0. The fraction of sp³-hybridized carbons (Fsp3) is 0.182. The molecule has 0 saturated carbocycles. The third-order valence-electron chi connectivity index (χ3n) is 4.11. The van der Waals surface area contributed by atoms with Crippen molar-refractivity contribution in [1.82, 2.24) is 16.2 Å². The summed E-state index contributed by atoms with van der Waals surface area (Å²) < 4.78 is 10.4. The average Bonchev–Trinajstić information content (AvgIpc) is 2.81. The largest absolute Gasteiger partial charge is 0.493 e. The van der Waals surface area contributed by atoms with Crippen molar-refractivity contribution in [3.63, 3.8) is 0 Å². The Hall–Kier alpha value is -3.63. The van der Waals surface area contributed by atoms with E-state index in [1.807, 2.05) is 0 Å². The normalized spacial score (nSPS) is 10.3. The van der Waals surface area contributed by atoms with Crippen molar-refractivity contribution in [3.05, 3.63) is 59.1 Å². The fourth-order valence-corrected chi connectivity index (χ4v) is 2.84. The predicted octanol–water partition coefficient (Wildman–Crippen LogP) is 2.81. The van der Waals surface area contributed by atoms with Gasteiger partial charge in [0, 0.05) is 18.9 Å². The minimum atomic E-state index is -0.504. The number of carbonyl (C=O) groups excluding carboxylic acids is 3. The maximum Gasteiger partial charge on any atom is 0.250 e. The SMILES string of the molecule is COc1ccc(/C=C/C(=O)NC(=S)NNC(=O)CCC(=O)Nc2ccccc2Cl)cc1OC. The smallest absolute Gasteiger partial charge is 0.250 e. The Labute approximate surface area is 201 Å². The molecule has 0 bridgehead atoms. The van der Waals surface area contributed by atoms with Gasteiger partial charge in [0.15, 0.2) is 16.6 Å². The van der Waals surface area contributed by atoms with Gasteiger partial charge >= 0.3 is 0 Å². The second-order valence-corrected chi connectivity index (χ2v) is 7.28. The zero-order chi connectivity index (χ0) is 24.2. The summed E-state index contributed by atoms with van der Waals surface area (Å²) >= 11 is 10.9. The van der Waals surface area contributed by atoms with Crippen LogP contribution in [-0.4, -0.2) is 37.1 Å². The Bertz CT molecular complexity index is 1060. The number of ether oxygens (including phenoxy) is 2. The van der Waals surface area contributed by atoms with Crippen LogP contribution in [0.25, 0.3) is 6.08 Å². The summed E-state index contributed by atoms with van der Waals surface area (Å²) in [7, 11) is 3.05. The summed E-state index contributed by atoms with van der Waals surface area (Å²) in [5.41, 5.74) is 5.90. The number of benzene rings is 2. The molecule has 174 valence electrons. The first-order valence-corrected chi connectivity index (χ1v) is 10.4. The first-order chi connectivity index (χ1) is 15.8. The van der Waals surface area contributed by atoms with Crippen molar-refractivity contribution in [2.75, 3.05) is 19.5 Å². The molecule has 0 atom stereocenters. The molecule has 3 amide bonds. The van der Waals surface area contributed by atoms with E-state index in [2.05, 4.69) is 21.5 Å². The minimum Gasteiger partial charge on any atom is -0.493 e. The number of methoxy groups -OCH3 is 2. The molecule has 2 aromatic carbocycles. The standard InChI is InChI=1S/C22H23ClN4O5S/c1-31-17-9-7-14(13-18(17)32-2)8-10-20(29)25-22(33)27-26-21(30)12-11-19(28)24-16-6-4-3-5-15(16)23/h3-10,13H,11-12H2,1-2H3,(H,24,28)(H,26,30)(H2,25,27,29,33)/b10-8+. The molecular formula is C22H23ClN4O5S. The summed E-state index contributed by atoms with van der Waals surface area (Å²) in [5, 5.41) is 5.31. The van der Waals surface area contributed by atoms with Crippen molar-refractivity contribution in [2.24, 2.45) is 0 Å². The lowest BCUT2D eigenvalue weighted by molar-refractivity contribution is -0.124. The first kappa shape index (κ1) is 25.6. The molecule has 0 saturated heterocycles. The molecule has 0 aliphatic carbocycles. The summed E-state index contributed by atoms with van der Waals surface area (Å²) in [5.74, 6) is -0.256. The molecule has 4 N–H and O–H groups in total. The number of carbonyl (C=O) groups is 3. The van der Waals surface area contributed by atoms with Crippen molar-refractivity contribution in [2.45, 2.75) is 12.8 Å². The molecule has 2 rings (SSSR count). The maximum absolute atomic E-state index is 12.0. The van der Waals surface area contributed by atoms with Gasteiger partial charge in [0.25, 0.3) is 0 Å². The van der Waals surface area contributed by atoms with Crippen LogP contribution in [0.1, 0.15) is 18.4 Å². The molecule has 0 fully saturated rings. The number of nitrogens with one attached hydrogen (secondary N) is 4. The van der Waals surface area contributed by atoms with E-state index in [0.29, 0.717) is 27.8 Å². The van der Waals surface area contributed by atoms with E-state index in [1.165, 1.54) is 20.3 Å². The molecule has 0 spiro atoms. The highest BCUT2D eigenvalue weighted by atomic mass is 35.5. The number of para-hydroxylation sites is 1. The topological polar surface area (TPSA) is 118 Å². The van der Waals surface area contributed by atoms with Gasteiger partial charge in [0.05, 0.1) is 24.9 Å². The average molecular weight is 491 g/mol. The van der Waals surface area contributed by atoms with Crippen LogP contribution in [0.4, 0.5) is 5.69 Å². The number of hydrogen-bond acceptors (Lipinski definition) is 6. The van der Waals surface area contributed by atoms with E-state index in [1.54, 1.807) is 48.5 Å². The minimum absolute atomic E-state index is 0.0636. The number of hydrazine groups is 1. The first-order valence-electron chi connectivity index (χ1n) is 9.66. The molecule has 33 heavy (non-hydrogen) atoms. The molecular weight excluding hydrogens is 468 g/mol. The summed E-state index contributed by atoms with van der Waals surface area (Å²) in [6.07, 6.45) is 2.68. The molecule has 0 unspecified atom stereocenters. The quantitative estimate of drug-likeness (QED) is 0.255. The highest BCUT2D eigenvalue weighted by Gasteiger charge is 2.10. The third kappa shape index (κ3) is 8.79. The predicted molar refractivity (Wildman–Crippen MR) is 130 cm³/mol. The lowest BCUT2D eigenvalue weighted by Gasteiger charge is -2.10. The van der Waals surface area contributed by atoms with E-state index < -0.39 is 11.8 Å². The van der Waals surface area contributed by atoms with Crippen LogP contribution in [0.15, 0.2) is 48.5 Å². The van der Waals surface area contributed by atoms with Crippen LogP contribution in [0, 0.1) is 0 Å². The number of thiocarbonyl (C=S) groups is 1. The van der Waals surface area contributed by atoms with Gasteiger partial charge in [-0.15, -0.1) is 0 Å². The zero-order valence-electron chi connectivity index (χ0n) is 17.9. The summed E-state index contributed by atoms with van der Waals surface area (Å²) in [6, 6.07) is 12.0. The molecule has 0 aliphatic rings. The third-order valence-corrected chi connectivity index (χ3v) is 4.65. The van der Waals surface area contributed by atoms with Gasteiger partial charge in [-0.3, -0.25) is 30.6 Å².